The molecule has 0 atom stereocenters. The van der Waals surface area contributed by atoms with Crippen molar-refractivity contribution in [3.05, 3.63) is 30.5 Å². The Balaban J connectivity index is 1.99. The van der Waals surface area contributed by atoms with Crippen LogP contribution in [-0.4, -0.2) is 24.7 Å². The van der Waals surface area contributed by atoms with Crippen molar-refractivity contribution in [2.45, 2.75) is 13.8 Å². The van der Waals surface area contributed by atoms with Crippen molar-refractivity contribution in [1.29, 1.82) is 0 Å². The van der Waals surface area contributed by atoms with Crippen molar-refractivity contribution in [3.63, 3.8) is 0 Å². The van der Waals surface area contributed by atoms with Gasteiger partial charge in [-0.25, -0.2) is 0 Å². The summed E-state index contributed by atoms with van der Waals surface area (Å²) in [4.78, 5) is 4.31. The maximum Gasteiger partial charge on any atom is 0.0951 e. The number of anilines is 2. The maximum absolute atomic E-state index is 5.92. The molecule has 1 aromatic carbocycles. The first-order chi connectivity index (χ1) is 9.18. The second-order valence-corrected chi connectivity index (χ2v) is 5.00. The first-order valence-corrected chi connectivity index (χ1v) is 6.63. The van der Waals surface area contributed by atoms with Crippen LogP contribution in [0.1, 0.15) is 13.8 Å². The molecule has 1 aromatic heterocycles. The van der Waals surface area contributed by atoms with Crippen molar-refractivity contribution in [2.24, 2.45) is 5.92 Å². The van der Waals surface area contributed by atoms with Gasteiger partial charge in [0, 0.05) is 30.4 Å². The van der Waals surface area contributed by atoms with E-state index in [2.05, 4.69) is 24.1 Å². The molecule has 4 heteroatoms. The predicted octanol–water partition coefficient (Wildman–Crippen LogP) is 2.90. The van der Waals surface area contributed by atoms with Gasteiger partial charge in [-0.1, -0.05) is 13.8 Å². The van der Waals surface area contributed by atoms with E-state index in [-0.39, 0.29) is 0 Å². The molecule has 0 unspecified atom stereocenters. The molecule has 0 aliphatic rings. The monoisotopic (exact) mass is 259 g/mol. The van der Waals surface area contributed by atoms with Crippen LogP contribution in [0.3, 0.4) is 0 Å². The van der Waals surface area contributed by atoms with E-state index in [9.17, 15) is 0 Å². The van der Waals surface area contributed by atoms with E-state index < -0.39 is 0 Å². The Labute approximate surface area is 114 Å². The van der Waals surface area contributed by atoms with Gasteiger partial charge in [0.05, 0.1) is 17.8 Å². The van der Waals surface area contributed by atoms with Crippen LogP contribution in [0, 0.1) is 5.92 Å². The quantitative estimate of drug-likeness (QED) is 0.618. The molecule has 3 N–H and O–H groups in total. The molecule has 2 rings (SSSR count). The van der Waals surface area contributed by atoms with Crippen LogP contribution in [0.4, 0.5) is 11.4 Å². The highest BCUT2D eigenvalue weighted by molar-refractivity contribution is 5.98. The van der Waals surface area contributed by atoms with Gasteiger partial charge in [-0.15, -0.1) is 0 Å². The van der Waals surface area contributed by atoms with E-state index in [1.54, 1.807) is 6.20 Å². The van der Waals surface area contributed by atoms with Crippen LogP contribution in [-0.2, 0) is 4.74 Å². The molecule has 0 fully saturated rings. The van der Waals surface area contributed by atoms with Gasteiger partial charge < -0.3 is 15.8 Å². The maximum atomic E-state index is 5.92. The van der Waals surface area contributed by atoms with Gasteiger partial charge in [0.1, 0.15) is 0 Å². The number of nitrogens with zero attached hydrogens (tertiary/aromatic N) is 1. The van der Waals surface area contributed by atoms with Gasteiger partial charge in [-0.3, -0.25) is 4.98 Å². The number of hydrogen-bond acceptors (Lipinski definition) is 4. The molecule has 19 heavy (non-hydrogen) atoms. The molecule has 0 aliphatic heterocycles. The lowest BCUT2D eigenvalue weighted by molar-refractivity contribution is 0.118. The average Bonchev–Trinajstić information content (AvgIpc) is 2.41. The van der Waals surface area contributed by atoms with Crippen molar-refractivity contribution >= 4 is 22.3 Å². The normalized spacial score (nSPS) is 11.1. The fourth-order valence-electron chi connectivity index (χ4n) is 1.93. The molecule has 1 heterocycles. The Morgan fingerprint density at radius 3 is 2.95 bits per heavy atom. The number of benzene rings is 1. The molecule has 2 aromatic rings. The van der Waals surface area contributed by atoms with Crippen LogP contribution in [0.25, 0.3) is 10.9 Å². The Morgan fingerprint density at radius 1 is 1.32 bits per heavy atom. The fraction of sp³-hybridized carbons (Fsp3) is 0.400. The summed E-state index contributed by atoms with van der Waals surface area (Å²) >= 11 is 0. The molecule has 102 valence electrons. The first kappa shape index (κ1) is 13.6. The van der Waals surface area contributed by atoms with E-state index in [1.807, 2.05) is 24.3 Å². The summed E-state index contributed by atoms with van der Waals surface area (Å²) in [5.41, 5.74) is 8.52. The minimum absolute atomic E-state index is 0.571. The lowest BCUT2D eigenvalue weighted by atomic mass is 10.1. The molecular weight excluding hydrogens is 238 g/mol. The number of nitrogen functional groups attached to an aromatic ring is 1. The number of pyridine rings is 1. The number of hydrogen-bond donors (Lipinski definition) is 2. The van der Waals surface area contributed by atoms with Gasteiger partial charge >= 0.3 is 0 Å². The lowest BCUT2D eigenvalue weighted by Gasteiger charge is -2.11. The molecule has 0 bridgehead atoms. The Morgan fingerprint density at radius 2 is 2.16 bits per heavy atom. The van der Waals surface area contributed by atoms with Crippen molar-refractivity contribution in [1.82, 2.24) is 4.98 Å². The summed E-state index contributed by atoms with van der Waals surface area (Å²) in [7, 11) is 0. The Bertz CT molecular complexity index is 540. The van der Waals surface area contributed by atoms with Gasteiger partial charge in [0.25, 0.3) is 0 Å². The summed E-state index contributed by atoms with van der Waals surface area (Å²) in [5, 5.41) is 4.42. The van der Waals surface area contributed by atoms with Crippen molar-refractivity contribution in [2.75, 3.05) is 30.8 Å². The number of nitrogens with one attached hydrogen (secondary N) is 1. The van der Waals surface area contributed by atoms with Gasteiger partial charge in [-0.2, -0.15) is 0 Å². The summed E-state index contributed by atoms with van der Waals surface area (Å²) in [5.74, 6) is 0.571. The lowest BCUT2D eigenvalue weighted by Crippen LogP contribution is -2.12. The topological polar surface area (TPSA) is 60.2 Å². The molecule has 0 aliphatic carbocycles. The zero-order chi connectivity index (χ0) is 13.7. The molecule has 0 amide bonds. The zero-order valence-corrected chi connectivity index (χ0v) is 11.5. The zero-order valence-electron chi connectivity index (χ0n) is 11.5. The highest BCUT2D eigenvalue weighted by Gasteiger charge is 2.04. The summed E-state index contributed by atoms with van der Waals surface area (Å²) in [6, 6.07) is 7.81. The first-order valence-electron chi connectivity index (χ1n) is 6.63. The Kier molecular flexibility index (Phi) is 4.58. The number of aromatic nitrogens is 1. The standard InChI is InChI=1S/C15H21N3O/c1-11(2)10-19-9-8-17-14-6-5-13(16)15-12(14)4-3-7-18-15/h3-7,11,17H,8-10,16H2,1-2H3. The molecule has 0 saturated carbocycles. The van der Waals surface area contributed by atoms with Crippen LogP contribution in [0.15, 0.2) is 30.5 Å². The number of nitrogens with two attached hydrogens (primary N) is 1. The third-order valence-electron chi connectivity index (χ3n) is 2.81. The highest BCUT2D eigenvalue weighted by atomic mass is 16.5. The van der Waals surface area contributed by atoms with E-state index in [0.717, 1.165) is 29.7 Å². The summed E-state index contributed by atoms with van der Waals surface area (Å²) in [6.07, 6.45) is 1.76. The van der Waals surface area contributed by atoms with Gasteiger partial charge in [0.15, 0.2) is 0 Å². The molecule has 0 spiro atoms. The van der Waals surface area contributed by atoms with Gasteiger partial charge in [0.2, 0.25) is 0 Å². The largest absolute Gasteiger partial charge is 0.397 e. The van der Waals surface area contributed by atoms with Crippen LogP contribution < -0.4 is 11.1 Å². The minimum Gasteiger partial charge on any atom is -0.397 e. The highest BCUT2D eigenvalue weighted by Crippen LogP contribution is 2.26. The predicted molar refractivity (Wildman–Crippen MR) is 80.3 cm³/mol. The van der Waals surface area contributed by atoms with Crippen LogP contribution in [0.2, 0.25) is 0 Å². The van der Waals surface area contributed by atoms with Crippen LogP contribution in [0.5, 0.6) is 0 Å². The molecule has 0 saturated heterocycles. The number of ether oxygens (including phenoxy) is 1. The second-order valence-electron chi connectivity index (χ2n) is 5.00. The second kappa shape index (κ2) is 6.38. The van der Waals surface area contributed by atoms with Crippen molar-refractivity contribution in [3.8, 4) is 0 Å². The molecular formula is C15H21N3O. The Hall–Kier alpha value is -1.81. The van der Waals surface area contributed by atoms with E-state index in [0.29, 0.717) is 18.2 Å². The summed E-state index contributed by atoms with van der Waals surface area (Å²) < 4.78 is 5.55. The smallest absolute Gasteiger partial charge is 0.0951 e. The van der Waals surface area contributed by atoms with Crippen LogP contribution >= 0.6 is 0 Å². The van der Waals surface area contributed by atoms with E-state index in [1.165, 1.54) is 0 Å². The van der Waals surface area contributed by atoms with E-state index in [4.69, 9.17) is 10.5 Å². The minimum atomic E-state index is 0.571. The number of fused-ring (bicyclic) bond motifs is 1. The summed E-state index contributed by atoms with van der Waals surface area (Å²) in [6.45, 7) is 6.57. The third kappa shape index (κ3) is 3.58. The molecule has 0 radical (unpaired) electrons. The average molecular weight is 259 g/mol. The fourth-order valence-corrected chi connectivity index (χ4v) is 1.93. The third-order valence-corrected chi connectivity index (χ3v) is 2.81. The molecule has 4 nitrogen and oxygen atoms in total. The SMILES string of the molecule is CC(C)COCCNc1ccc(N)c2ncccc12. The van der Waals surface area contributed by atoms with Crippen molar-refractivity contribution < 1.29 is 4.74 Å². The van der Waals surface area contributed by atoms with E-state index >= 15 is 0 Å². The van der Waals surface area contributed by atoms with Gasteiger partial charge in [-0.05, 0) is 30.2 Å². The number of rotatable bonds is 6.